The molecule has 1 fully saturated rings. The summed E-state index contributed by atoms with van der Waals surface area (Å²) in [6.45, 7) is 2.08. The summed E-state index contributed by atoms with van der Waals surface area (Å²) in [7, 11) is 0. The SMILES string of the molecule is CCNC(=O)[C@H]1O[C@@H](n2cnc3cnc(C(N)=O)nc32)[C@H](O)[C@@H]1O. The van der Waals surface area contributed by atoms with Crippen molar-refractivity contribution in [2.24, 2.45) is 5.73 Å². The Labute approximate surface area is 135 Å². The molecule has 0 spiro atoms. The number of amides is 2. The van der Waals surface area contributed by atoms with Crippen LogP contribution in [0.5, 0.6) is 0 Å². The Kier molecular flexibility index (Phi) is 4.13. The van der Waals surface area contributed by atoms with Crippen molar-refractivity contribution in [3.05, 3.63) is 18.3 Å². The second-order valence-corrected chi connectivity index (χ2v) is 5.24. The van der Waals surface area contributed by atoms with Crippen LogP contribution in [0.2, 0.25) is 0 Å². The predicted octanol–water partition coefficient (Wildman–Crippen LogP) is -2.32. The summed E-state index contributed by atoms with van der Waals surface area (Å²) in [5.74, 6) is -1.58. The number of hydrogen-bond donors (Lipinski definition) is 4. The Balaban J connectivity index is 1.96. The molecule has 2 aromatic rings. The Hall–Kier alpha value is -2.63. The van der Waals surface area contributed by atoms with Gasteiger partial charge in [0.1, 0.15) is 17.7 Å². The maximum absolute atomic E-state index is 11.9. The van der Waals surface area contributed by atoms with Gasteiger partial charge in [-0.05, 0) is 6.92 Å². The van der Waals surface area contributed by atoms with Crippen LogP contribution in [0.4, 0.5) is 0 Å². The molecule has 0 aromatic carbocycles. The van der Waals surface area contributed by atoms with Gasteiger partial charge in [0.25, 0.3) is 11.8 Å². The van der Waals surface area contributed by atoms with Crippen molar-refractivity contribution in [1.29, 1.82) is 0 Å². The van der Waals surface area contributed by atoms with E-state index in [1.165, 1.54) is 17.1 Å². The Morgan fingerprint density at radius 1 is 1.38 bits per heavy atom. The van der Waals surface area contributed by atoms with E-state index >= 15 is 0 Å². The van der Waals surface area contributed by atoms with E-state index in [-0.39, 0.29) is 11.5 Å². The molecule has 0 unspecified atom stereocenters. The van der Waals surface area contributed by atoms with Crippen molar-refractivity contribution in [2.45, 2.75) is 31.5 Å². The number of ether oxygens (including phenoxy) is 1. The van der Waals surface area contributed by atoms with Crippen molar-refractivity contribution in [1.82, 2.24) is 24.8 Å². The molecule has 2 amide bonds. The highest BCUT2D eigenvalue weighted by molar-refractivity contribution is 5.90. The zero-order valence-electron chi connectivity index (χ0n) is 12.7. The maximum Gasteiger partial charge on any atom is 0.286 e. The van der Waals surface area contributed by atoms with Crippen LogP contribution < -0.4 is 11.1 Å². The molecule has 0 bridgehead atoms. The van der Waals surface area contributed by atoms with Crippen molar-refractivity contribution in [3.63, 3.8) is 0 Å². The number of rotatable bonds is 4. The van der Waals surface area contributed by atoms with Gasteiger partial charge in [-0.2, -0.15) is 0 Å². The van der Waals surface area contributed by atoms with Gasteiger partial charge in [-0.1, -0.05) is 0 Å². The fourth-order valence-corrected chi connectivity index (χ4v) is 2.51. The van der Waals surface area contributed by atoms with Crippen LogP contribution in [0.15, 0.2) is 12.5 Å². The molecule has 0 aliphatic carbocycles. The largest absolute Gasteiger partial charge is 0.387 e. The van der Waals surface area contributed by atoms with Gasteiger partial charge in [0.2, 0.25) is 5.82 Å². The molecule has 3 rings (SSSR count). The van der Waals surface area contributed by atoms with Gasteiger partial charge in [0, 0.05) is 6.54 Å². The number of likely N-dealkylation sites (N-methyl/N-ethyl adjacent to an activating group) is 1. The number of hydrogen-bond acceptors (Lipinski definition) is 8. The summed E-state index contributed by atoms with van der Waals surface area (Å²) in [6, 6.07) is 0. The first-order valence-corrected chi connectivity index (χ1v) is 7.22. The fourth-order valence-electron chi connectivity index (χ4n) is 2.51. The normalized spacial score (nSPS) is 26.6. The molecule has 1 aliphatic heterocycles. The third-order valence-corrected chi connectivity index (χ3v) is 3.66. The van der Waals surface area contributed by atoms with E-state index in [0.717, 1.165) is 0 Å². The minimum Gasteiger partial charge on any atom is -0.387 e. The van der Waals surface area contributed by atoms with E-state index in [2.05, 4.69) is 20.3 Å². The molecule has 3 heterocycles. The van der Waals surface area contributed by atoms with E-state index in [4.69, 9.17) is 10.5 Å². The van der Waals surface area contributed by atoms with Gasteiger partial charge in [-0.3, -0.25) is 14.2 Å². The molecule has 11 nitrogen and oxygen atoms in total. The molecule has 4 atom stereocenters. The van der Waals surface area contributed by atoms with E-state index in [1.807, 2.05) is 0 Å². The lowest BCUT2D eigenvalue weighted by molar-refractivity contribution is -0.137. The first-order valence-electron chi connectivity index (χ1n) is 7.22. The first-order chi connectivity index (χ1) is 11.4. The molecule has 5 N–H and O–H groups in total. The number of fused-ring (bicyclic) bond motifs is 1. The summed E-state index contributed by atoms with van der Waals surface area (Å²) in [6.07, 6.45) is -2.53. The van der Waals surface area contributed by atoms with Gasteiger partial charge < -0.3 is 26.0 Å². The highest BCUT2D eigenvalue weighted by atomic mass is 16.6. The van der Waals surface area contributed by atoms with Gasteiger partial charge in [-0.15, -0.1) is 0 Å². The molecule has 1 saturated heterocycles. The van der Waals surface area contributed by atoms with Crippen molar-refractivity contribution in [2.75, 3.05) is 6.54 Å². The molecule has 0 saturated carbocycles. The second-order valence-electron chi connectivity index (χ2n) is 5.24. The van der Waals surface area contributed by atoms with Crippen LogP contribution in [-0.2, 0) is 9.53 Å². The number of aromatic nitrogens is 4. The molecule has 128 valence electrons. The summed E-state index contributed by atoms with van der Waals surface area (Å²) in [4.78, 5) is 34.9. The topological polar surface area (TPSA) is 165 Å². The number of primary amides is 1. The van der Waals surface area contributed by atoms with Crippen molar-refractivity contribution in [3.8, 4) is 0 Å². The third kappa shape index (κ3) is 2.58. The van der Waals surface area contributed by atoms with Crippen LogP contribution in [0, 0.1) is 0 Å². The molecule has 0 radical (unpaired) electrons. The first kappa shape index (κ1) is 16.2. The number of carbonyl (C=O) groups excluding carboxylic acids is 2. The minimum absolute atomic E-state index is 0.187. The molecule has 2 aromatic heterocycles. The van der Waals surface area contributed by atoms with Crippen LogP contribution >= 0.6 is 0 Å². The third-order valence-electron chi connectivity index (χ3n) is 3.66. The standard InChI is InChI=1S/C13H16N6O5/c1-2-15-12(23)8-6(20)7(21)13(24-8)19-4-17-5-3-16-10(9(14)22)18-11(5)19/h3-4,6-8,13,20-21H,2H2,1H3,(H2,14,22)(H,15,23)/t6-,7+,8-,13+/m0/s1. The van der Waals surface area contributed by atoms with Crippen molar-refractivity contribution >= 4 is 23.0 Å². The molecule has 11 heteroatoms. The minimum atomic E-state index is -1.42. The monoisotopic (exact) mass is 336 g/mol. The lowest BCUT2D eigenvalue weighted by Gasteiger charge is -2.16. The number of nitrogens with one attached hydrogen (secondary N) is 1. The van der Waals surface area contributed by atoms with Crippen LogP contribution in [-0.4, -0.2) is 66.4 Å². The van der Waals surface area contributed by atoms with Crippen molar-refractivity contribution < 1.29 is 24.5 Å². The Morgan fingerprint density at radius 3 is 2.79 bits per heavy atom. The number of nitrogens with zero attached hydrogens (tertiary/aromatic N) is 4. The smallest absolute Gasteiger partial charge is 0.286 e. The lowest BCUT2D eigenvalue weighted by Crippen LogP contribution is -2.42. The zero-order valence-corrected chi connectivity index (χ0v) is 12.7. The average Bonchev–Trinajstić information content (AvgIpc) is 3.09. The van der Waals surface area contributed by atoms with Gasteiger partial charge in [-0.25, -0.2) is 15.0 Å². The Bertz CT molecular complexity index is 792. The molecular weight excluding hydrogens is 320 g/mol. The van der Waals surface area contributed by atoms with E-state index in [1.54, 1.807) is 6.92 Å². The number of imidazole rings is 1. The number of carbonyl (C=O) groups is 2. The lowest BCUT2D eigenvalue weighted by atomic mass is 10.1. The summed E-state index contributed by atoms with van der Waals surface area (Å²) in [5, 5.41) is 22.8. The van der Waals surface area contributed by atoms with Gasteiger partial charge >= 0.3 is 0 Å². The summed E-state index contributed by atoms with van der Waals surface area (Å²) < 4.78 is 6.80. The second kappa shape index (κ2) is 6.11. The van der Waals surface area contributed by atoms with Gasteiger partial charge in [0.15, 0.2) is 18.0 Å². The van der Waals surface area contributed by atoms with Crippen LogP contribution in [0.25, 0.3) is 11.2 Å². The molecular formula is C13H16N6O5. The molecule has 24 heavy (non-hydrogen) atoms. The predicted molar refractivity (Wildman–Crippen MR) is 78.4 cm³/mol. The van der Waals surface area contributed by atoms with Crippen LogP contribution in [0.3, 0.4) is 0 Å². The quantitative estimate of drug-likeness (QED) is 0.483. The zero-order chi connectivity index (χ0) is 17.4. The highest BCUT2D eigenvalue weighted by Gasteiger charge is 2.47. The number of aliphatic hydroxyl groups is 2. The summed E-state index contributed by atoms with van der Waals surface area (Å²) in [5.41, 5.74) is 5.68. The van der Waals surface area contributed by atoms with Gasteiger partial charge in [0.05, 0.1) is 12.5 Å². The van der Waals surface area contributed by atoms with E-state index in [0.29, 0.717) is 12.1 Å². The Morgan fingerprint density at radius 2 is 2.12 bits per heavy atom. The number of aliphatic hydroxyl groups excluding tert-OH is 2. The summed E-state index contributed by atoms with van der Waals surface area (Å²) >= 11 is 0. The highest BCUT2D eigenvalue weighted by Crippen LogP contribution is 2.31. The fraction of sp³-hybridized carbons (Fsp3) is 0.462. The average molecular weight is 336 g/mol. The number of nitrogens with two attached hydrogens (primary N) is 1. The molecule has 1 aliphatic rings. The van der Waals surface area contributed by atoms with E-state index < -0.39 is 36.4 Å². The van der Waals surface area contributed by atoms with E-state index in [9.17, 15) is 19.8 Å². The van der Waals surface area contributed by atoms with Crippen LogP contribution in [0.1, 0.15) is 23.8 Å². The maximum atomic E-state index is 11.9.